The molecule has 0 unspecified atom stereocenters. The Labute approximate surface area is 90.9 Å². The number of hydrogen-bond donors (Lipinski definition) is 1. The van der Waals surface area contributed by atoms with Gasteiger partial charge >= 0.3 is 12.3 Å². The van der Waals surface area contributed by atoms with Gasteiger partial charge in [-0.1, -0.05) is 0 Å². The lowest BCUT2D eigenvalue weighted by Gasteiger charge is -2.08. The molecule has 7 heteroatoms. The number of amides is 1. The normalized spacial score (nSPS) is 11.2. The van der Waals surface area contributed by atoms with Crippen molar-refractivity contribution in [3.8, 4) is 0 Å². The summed E-state index contributed by atoms with van der Waals surface area (Å²) >= 11 is 5.40. The van der Waals surface area contributed by atoms with Gasteiger partial charge in [0.25, 0.3) is 0 Å². The summed E-state index contributed by atoms with van der Waals surface area (Å²) in [5.41, 5.74) is 0. The van der Waals surface area contributed by atoms with Crippen molar-refractivity contribution in [2.45, 2.75) is 25.4 Å². The van der Waals surface area contributed by atoms with E-state index in [-0.39, 0.29) is 6.61 Å². The monoisotopic (exact) mass is 247 g/mol. The summed E-state index contributed by atoms with van der Waals surface area (Å²) in [7, 11) is 0. The molecule has 0 radical (unpaired) electrons. The second kappa shape index (κ2) is 7.62. The molecule has 0 rings (SSSR count). The first-order valence-electron chi connectivity index (χ1n) is 4.49. The van der Waals surface area contributed by atoms with Crippen LogP contribution in [0.2, 0.25) is 0 Å². The van der Waals surface area contributed by atoms with Crippen molar-refractivity contribution in [2.24, 2.45) is 0 Å². The molecule has 90 valence electrons. The summed E-state index contributed by atoms with van der Waals surface area (Å²) in [5, 5.41) is 1.60. The lowest BCUT2D eigenvalue weighted by molar-refractivity contribution is -0.123. The van der Waals surface area contributed by atoms with Crippen molar-refractivity contribution in [2.75, 3.05) is 19.0 Å². The number of carbonyl (C=O) groups is 1. The Balaban J connectivity index is 3.34. The SMILES string of the molecule is O=C(NCC(F)(F)F)OCCCCCCl. The van der Waals surface area contributed by atoms with Gasteiger partial charge in [-0.25, -0.2) is 4.79 Å². The zero-order valence-corrected chi connectivity index (χ0v) is 8.83. The molecule has 0 aliphatic rings. The van der Waals surface area contributed by atoms with Gasteiger partial charge in [0.05, 0.1) is 6.61 Å². The van der Waals surface area contributed by atoms with Crippen molar-refractivity contribution in [3.63, 3.8) is 0 Å². The highest BCUT2D eigenvalue weighted by Gasteiger charge is 2.27. The van der Waals surface area contributed by atoms with Crippen LogP contribution in [0.4, 0.5) is 18.0 Å². The van der Waals surface area contributed by atoms with Crippen molar-refractivity contribution >= 4 is 17.7 Å². The highest BCUT2D eigenvalue weighted by molar-refractivity contribution is 6.17. The second-order valence-electron chi connectivity index (χ2n) is 2.85. The van der Waals surface area contributed by atoms with Gasteiger partial charge in [0.1, 0.15) is 6.54 Å². The molecule has 0 aromatic rings. The van der Waals surface area contributed by atoms with Crippen molar-refractivity contribution in [1.82, 2.24) is 5.32 Å². The summed E-state index contributed by atoms with van der Waals surface area (Å²) in [6.07, 6.45) is -3.26. The van der Waals surface area contributed by atoms with Gasteiger partial charge in [-0.2, -0.15) is 13.2 Å². The molecule has 0 aliphatic heterocycles. The average molecular weight is 248 g/mol. The fourth-order valence-electron chi connectivity index (χ4n) is 0.762. The molecule has 0 aliphatic carbocycles. The van der Waals surface area contributed by atoms with Crippen LogP contribution in [0.1, 0.15) is 19.3 Å². The predicted octanol–water partition coefficient (Wildman–Crippen LogP) is 2.68. The minimum Gasteiger partial charge on any atom is -0.450 e. The zero-order chi connectivity index (χ0) is 11.7. The number of ether oxygens (including phenoxy) is 1. The van der Waals surface area contributed by atoms with E-state index in [9.17, 15) is 18.0 Å². The Morgan fingerprint density at radius 1 is 1.27 bits per heavy atom. The molecule has 1 N–H and O–H groups in total. The minimum atomic E-state index is -4.41. The van der Waals surface area contributed by atoms with Gasteiger partial charge in [0.2, 0.25) is 0 Å². The largest absolute Gasteiger partial charge is 0.450 e. The molecule has 0 saturated carbocycles. The van der Waals surface area contributed by atoms with Crippen molar-refractivity contribution in [3.05, 3.63) is 0 Å². The molecule has 1 amide bonds. The molecule has 0 saturated heterocycles. The Hall–Kier alpha value is -0.650. The molecule has 0 atom stereocenters. The van der Waals surface area contributed by atoms with Crippen LogP contribution in [-0.2, 0) is 4.74 Å². The van der Waals surface area contributed by atoms with E-state index in [1.54, 1.807) is 5.32 Å². The maximum atomic E-state index is 11.6. The number of rotatable bonds is 6. The third kappa shape index (κ3) is 11.3. The van der Waals surface area contributed by atoms with E-state index >= 15 is 0 Å². The molecule has 0 fully saturated rings. The van der Waals surface area contributed by atoms with Gasteiger partial charge in [-0.15, -0.1) is 11.6 Å². The Morgan fingerprint density at radius 3 is 2.47 bits per heavy atom. The number of alkyl carbamates (subject to hydrolysis) is 1. The third-order valence-corrected chi connectivity index (χ3v) is 1.71. The van der Waals surface area contributed by atoms with E-state index < -0.39 is 18.8 Å². The van der Waals surface area contributed by atoms with E-state index in [0.29, 0.717) is 12.3 Å². The highest BCUT2D eigenvalue weighted by atomic mass is 35.5. The van der Waals surface area contributed by atoms with Crippen LogP contribution < -0.4 is 5.32 Å². The summed E-state index contributed by atoms with van der Waals surface area (Å²) in [5.74, 6) is 0.528. The molecule has 0 aromatic carbocycles. The predicted molar refractivity (Wildman–Crippen MR) is 50.0 cm³/mol. The lowest BCUT2D eigenvalue weighted by atomic mass is 10.3. The van der Waals surface area contributed by atoms with Crippen LogP contribution in [0.25, 0.3) is 0 Å². The molecular formula is C8H13ClF3NO2. The van der Waals surface area contributed by atoms with E-state index in [1.165, 1.54) is 0 Å². The van der Waals surface area contributed by atoms with Crippen molar-refractivity contribution < 1.29 is 22.7 Å². The molecule has 0 heterocycles. The van der Waals surface area contributed by atoms with E-state index in [0.717, 1.165) is 12.8 Å². The first-order valence-corrected chi connectivity index (χ1v) is 5.02. The van der Waals surface area contributed by atoms with Gasteiger partial charge in [0.15, 0.2) is 0 Å². The zero-order valence-electron chi connectivity index (χ0n) is 8.07. The molecule has 0 bridgehead atoms. The van der Waals surface area contributed by atoms with Crippen LogP contribution in [0.15, 0.2) is 0 Å². The van der Waals surface area contributed by atoms with Crippen LogP contribution in [-0.4, -0.2) is 31.3 Å². The Bertz CT molecular complexity index is 187. The van der Waals surface area contributed by atoms with Crippen LogP contribution in [0, 0.1) is 0 Å². The number of halogens is 4. The van der Waals surface area contributed by atoms with Gasteiger partial charge in [0, 0.05) is 5.88 Å². The smallest absolute Gasteiger partial charge is 0.407 e. The molecular weight excluding hydrogens is 235 g/mol. The van der Waals surface area contributed by atoms with E-state index in [4.69, 9.17) is 11.6 Å². The quantitative estimate of drug-likeness (QED) is 0.579. The van der Waals surface area contributed by atoms with Gasteiger partial charge in [-0.3, -0.25) is 0 Å². The summed E-state index contributed by atoms with van der Waals surface area (Å²) in [6, 6.07) is 0. The number of hydrogen-bond acceptors (Lipinski definition) is 2. The first kappa shape index (κ1) is 14.3. The Kier molecular flexibility index (Phi) is 7.29. The number of alkyl halides is 4. The first-order chi connectivity index (χ1) is 6.95. The van der Waals surface area contributed by atoms with Gasteiger partial charge < -0.3 is 10.1 Å². The van der Waals surface area contributed by atoms with Crippen LogP contribution in [0.3, 0.4) is 0 Å². The van der Waals surface area contributed by atoms with Crippen molar-refractivity contribution in [1.29, 1.82) is 0 Å². The Morgan fingerprint density at radius 2 is 1.93 bits per heavy atom. The summed E-state index contributed by atoms with van der Waals surface area (Å²) in [4.78, 5) is 10.7. The fraction of sp³-hybridized carbons (Fsp3) is 0.875. The molecule has 3 nitrogen and oxygen atoms in total. The fourth-order valence-corrected chi connectivity index (χ4v) is 0.951. The maximum Gasteiger partial charge on any atom is 0.407 e. The molecule has 15 heavy (non-hydrogen) atoms. The topological polar surface area (TPSA) is 38.3 Å². The minimum absolute atomic E-state index is 0.112. The standard InChI is InChI=1S/C8H13ClF3NO2/c9-4-2-1-3-5-15-7(14)13-6-8(10,11)12/h1-6H2,(H,13,14). The van der Waals surface area contributed by atoms with Crippen LogP contribution in [0.5, 0.6) is 0 Å². The number of carbonyl (C=O) groups excluding carboxylic acids is 1. The van der Waals surface area contributed by atoms with E-state index in [2.05, 4.69) is 4.74 Å². The average Bonchev–Trinajstić information content (AvgIpc) is 2.13. The third-order valence-electron chi connectivity index (χ3n) is 1.44. The van der Waals surface area contributed by atoms with Crippen LogP contribution >= 0.6 is 11.6 Å². The molecule has 0 aromatic heterocycles. The lowest BCUT2D eigenvalue weighted by Crippen LogP contribution is -2.34. The highest BCUT2D eigenvalue weighted by Crippen LogP contribution is 2.12. The number of unbranched alkanes of at least 4 members (excludes halogenated alkanes) is 2. The second-order valence-corrected chi connectivity index (χ2v) is 3.23. The van der Waals surface area contributed by atoms with Gasteiger partial charge in [-0.05, 0) is 19.3 Å². The summed E-state index contributed by atoms with van der Waals surface area (Å²) in [6.45, 7) is -1.26. The number of nitrogens with one attached hydrogen (secondary N) is 1. The maximum absolute atomic E-state index is 11.6. The molecule has 0 spiro atoms. The summed E-state index contributed by atoms with van der Waals surface area (Å²) < 4.78 is 39.4. The van der Waals surface area contributed by atoms with E-state index in [1.807, 2.05) is 0 Å².